The van der Waals surface area contributed by atoms with Crippen molar-refractivity contribution < 1.29 is 42.2 Å². The van der Waals surface area contributed by atoms with E-state index in [-0.39, 0.29) is 31.2 Å². The lowest BCUT2D eigenvalue weighted by Crippen LogP contribution is -2.59. The zero-order valence-corrected chi connectivity index (χ0v) is 29.3. The van der Waals surface area contributed by atoms with Gasteiger partial charge in [-0.3, -0.25) is 19.1 Å². The molecule has 1 aromatic heterocycles. The number of pyridine rings is 1. The van der Waals surface area contributed by atoms with Crippen molar-refractivity contribution in [3.05, 3.63) is 42.6 Å². The Bertz CT molecular complexity index is 1800. The van der Waals surface area contributed by atoms with Crippen molar-refractivity contribution in [3.63, 3.8) is 0 Å². The number of ether oxygens (including phenoxy) is 2. The van der Waals surface area contributed by atoms with E-state index in [9.17, 15) is 32.7 Å². The number of nitrogens with zero attached hydrogens (tertiary/aromatic N) is 2. The molecule has 3 heterocycles. The van der Waals surface area contributed by atoms with Crippen LogP contribution in [0.5, 0.6) is 11.6 Å². The van der Waals surface area contributed by atoms with Crippen molar-refractivity contribution in [1.29, 1.82) is 0 Å². The van der Waals surface area contributed by atoms with Crippen LogP contribution in [0, 0.1) is 17.8 Å². The van der Waals surface area contributed by atoms with Crippen LogP contribution in [0.3, 0.4) is 0 Å². The minimum Gasteiger partial charge on any atom is -0.494 e. The van der Waals surface area contributed by atoms with Gasteiger partial charge in [-0.2, -0.15) is 0 Å². The van der Waals surface area contributed by atoms with Gasteiger partial charge >= 0.3 is 6.09 Å². The smallest absolute Gasteiger partial charge is 0.405 e. The van der Waals surface area contributed by atoms with Crippen LogP contribution in [0.2, 0.25) is 0 Å². The second-order valence-corrected chi connectivity index (χ2v) is 16.2. The van der Waals surface area contributed by atoms with Crippen LogP contribution in [-0.4, -0.2) is 89.9 Å². The third-order valence-corrected chi connectivity index (χ3v) is 12.5. The number of benzene rings is 1. The molecule has 1 aromatic carbocycles. The molecule has 2 aliphatic carbocycles. The first-order valence-electron chi connectivity index (χ1n) is 17.3. The third-order valence-electron chi connectivity index (χ3n) is 10.6. The van der Waals surface area contributed by atoms with Gasteiger partial charge in [0.15, 0.2) is 0 Å². The number of allylic oxidation sites excluding steroid dienone is 1. The molecule has 2 aliphatic heterocycles. The second-order valence-electron chi connectivity index (χ2n) is 14.2. The van der Waals surface area contributed by atoms with Crippen molar-refractivity contribution in [2.75, 3.05) is 13.7 Å². The fourth-order valence-corrected chi connectivity index (χ4v) is 9.05. The molecular formula is C35H45N5O9S. The summed E-state index contributed by atoms with van der Waals surface area (Å²) >= 11 is 0. The molecule has 2 saturated carbocycles. The van der Waals surface area contributed by atoms with E-state index < -0.39 is 74.7 Å². The van der Waals surface area contributed by atoms with Crippen molar-refractivity contribution >= 4 is 44.6 Å². The number of amides is 4. The van der Waals surface area contributed by atoms with Gasteiger partial charge in [0, 0.05) is 23.1 Å². The summed E-state index contributed by atoms with van der Waals surface area (Å²) in [5.41, 5.74) is -1.52. The maximum atomic E-state index is 14.3. The van der Waals surface area contributed by atoms with Crippen LogP contribution in [0.25, 0.3) is 10.8 Å². The number of rotatable bonds is 7. The number of methoxy groups -OCH3 is 1. The van der Waals surface area contributed by atoms with Crippen molar-refractivity contribution in [3.8, 4) is 11.6 Å². The number of fused-ring (bicyclic) bond motifs is 3. The Kier molecular flexibility index (Phi) is 9.98. The molecule has 4 aliphatic rings. The summed E-state index contributed by atoms with van der Waals surface area (Å²) in [6.45, 7) is 3.79. The van der Waals surface area contributed by atoms with E-state index in [0.717, 1.165) is 18.2 Å². The lowest BCUT2D eigenvalue weighted by atomic mass is 9.88. The minimum atomic E-state index is -3.93. The molecule has 1 saturated heterocycles. The van der Waals surface area contributed by atoms with Gasteiger partial charge in [0.2, 0.25) is 27.7 Å². The number of nitrogens with one attached hydrogen (secondary N) is 3. The molecule has 2 aromatic rings. The Hall–Kier alpha value is -4.40. The molecular weight excluding hydrogens is 666 g/mol. The lowest BCUT2D eigenvalue weighted by molar-refractivity contribution is -0.142. The molecule has 3 fully saturated rings. The number of carbonyl (C=O) groups excluding carboxylic acids is 3. The first-order valence-corrected chi connectivity index (χ1v) is 18.8. The highest BCUT2D eigenvalue weighted by Gasteiger charge is 2.62. The molecule has 6 rings (SSSR count). The highest BCUT2D eigenvalue weighted by Crippen LogP contribution is 2.46. The van der Waals surface area contributed by atoms with Crippen LogP contribution >= 0.6 is 0 Å². The summed E-state index contributed by atoms with van der Waals surface area (Å²) in [6, 6.07) is 5.06. The van der Waals surface area contributed by atoms with Crippen LogP contribution < -0.4 is 24.8 Å². The van der Waals surface area contributed by atoms with E-state index in [1.54, 1.807) is 0 Å². The van der Waals surface area contributed by atoms with Crippen LogP contribution in [0.15, 0.2) is 42.6 Å². The third kappa shape index (κ3) is 7.10. The molecule has 15 heteroatoms. The molecule has 14 nitrogen and oxygen atoms in total. The first kappa shape index (κ1) is 35.4. The number of carbonyl (C=O) groups is 4. The predicted octanol–water partition coefficient (Wildman–Crippen LogP) is 3.11. The molecule has 50 heavy (non-hydrogen) atoms. The Labute approximate surface area is 291 Å². The summed E-state index contributed by atoms with van der Waals surface area (Å²) in [5, 5.41) is 15.7. The topological polar surface area (TPSA) is 193 Å². The van der Waals surface area contributed by atoms with Crippen molar-refractivity contribution in [2.45, 2.75) is 94.2 Å². The summed E-state index contributed by atoms with van der Waals surface area (Å²) in [6.07, 6.45) is 7.07. The van der Waals surface area contributed by atoms with Gasteiger partial charge in [0.25, 0.3) is 5.91 Å². The van der Waals surface area contributed by atoms with Gasteiger partial charge in [0.05, 0.1) is 25.1 Å². The Morgan fingerprint density at radius 3 is 2.52 bits per heavy atom. The zero-order chi connectivity index (χ0) is 35.8. The molecule has 0 radical (unpaired) electrons. The van der Waals surface area contributed by atoms with E-state index in [1.807, 2.05) is 50.3 Å². The predicted molar refractivity (Wildman–Crippen MR) is 183 cm³/mol. The quantitative estimate of drug-likeness (QED) is 0.310. The van der Waals surface area contributed by atoms with E-state index in [1.165, 1.54) is 18.2 Å². The summed E-state index contributed by atoms with van der Waals surface area (Å²) in [4.78, 5) is 60.0. The number of hydrogen-bond acceptors (Lipinski definition) is 9. The fraction of sp³-hybridized carbons (Fsp3) is 0.571. The van der Waals surface area contributed by atoms with Crippen LogP contribution in [-0.2, 0) is 24.4 Å². The molecule has 0 bridgehead atoms. The summed E-state index contributed by atoms with van der Waals surface area (Å²) in [5.74, 6) is -1.95. The number of sulfonamides is 1. The maximum absolute atomic E-state index is 14.3. The average molecular weight is 712 g/mol. The number of hydrogen-bond donors (Lipinski definition) is 4. The largest absolute Gasteiger partial charge is 0.494 e. The first-order chi connectivity index (χ1) is 23.8. The fourth-order valence-electron chi connectivity index (χ4n) is 7.49. The van der Waals surface area contributed by atoms with Crippen molar-refractivity contribution in [1.82, 2.24) is 25.2 Å². The Morgan fingerprint density at radius 2 is 1.84 bits per heavy atom. The molecule has 270 valence electrons. The van der Waals surface area contributed by atoms with Crippen LogP contribution in [0.1, 0.15) is 65.2 Å². The minimum absolute atomic E-state index is 0.0166. The average Bonchev–Trinajstić information content (AvgIpc) is 3.57. The standard InChI is InChI=1S/C35H45N5O9S/c1-20-9-4-5-10-22-17-35(22,33(43)39-50(46,47)24-11-8-12-24)38-30(41)27-16-23(19-40(27)32(42)29(21(2)15-20)37-34(44)45)49-31-26-14-7-6-13-25(26)28(48-3)18-36-31/h5-7,10,13-14,18,20-24,27,29,37H,4,8-9,11-12,15-17,19H2,1-3H3,(H,38,41)(H,39,43)(H,44,45)/b10-5-/t20?,21-,22-,23-,27+,29+,35-/m1/s1. The van der Waals surface area contributed by atoms with Gasteiger partial charge in [-0.25, -0.2) is 18.2 Å². The highest BCUT2D eigenvalue weighted by molar-refractivity contribution is 7.90. The number of carboxylic acid groups (broad SMARTS) is 1. The summed E-state index contributed by atoms with van der Waals surface area (Å²) < 4.78 is 40.0. The monoisotopic (exact) mass is 711 g/mol. The van der Waals surface area contributed by atoms with Crippen LogP contribution in [0.4, 0.5) is 4.79 Å². The second kappa shape index (κ2) is 14.1. The van der Waals surface area contributed by atoms with Gasteiger partial charge in [-0.1, -0.05) is 50.6 Å². The van der Waals surface area contributed by atoms with E-state index in [2.05, 4.69) is 20.3 Å². The van der Waals surface area contributed by atoms with E-state index >= 15 is 0 Å². The van der Waals surface area contributed by atoms with Gasteiger partial charge < -0.3 is 30.1 Å². The number of aromatic nitrogens is 1. The SMILES string of the molecule is COc1cnc(O[C@@H]2C[C@H]3C(=O)N[C@]4(C(=O)NS(=O)(=O)C5CCC5)C[C@H]4/C=C\CCC(C)C[C@@H](C)[C@H](NC(=O)O)C(=O)N3C2)c2ccccc12. The normalized spacial score (nSPS) is 31.1. The molecule has 1 unspecified atom stereocenters. The molecule has 4 N–H and O–H groups in total. The van der Waals surface area contributed by atoms with Gasteiger partial charge in [-0.15, -0.1) is 0 Å². The lowest BCUT2D eigenvalue weighted by Gasteiger charge is -2.32. The maximum Gasteiger partial charge on any atom is 0.405 e. The molecule has 0 spiro atoms. The highest BCUT2D eigenvalue weighted by atomic mass is 32.2. The molecule has 7 atom stereocenters. The van der Waals surface area contributed by atoms with E-state index in [4.69, 9.17) is 9.47 Å². The summed E-state index contributed by atoms with van der Waals surface area (Å²) in [7, 11) is -2.39. The van der Waals surface area contributed by atoms with Gasteiger partial charge in [-0.05, 0) is 56.4 Å². The zero-order valence-electron chi connectivity index (χ0n) is 28.5. The Balaban J connectivity index is 1.33. The van der Waals surface area contributed by atoms with E-state index in [0.29, 0.717) is 36.8 Å². The Morgan fingerprint density at radius 1 is 1.10 bits per heavy atom. The van der Waals surface area contributed by atoms with Crippen molar-refractivity contribution in [2.24, 2.45) is 17.8 Å². The van der Waals surface area contributed by atoms with Gasteiger partial charge in [0.1, 0.15) is 29.5 Å². The molecule has 4 amide bonds.